The predicted octanol–water partition coefficient (Wildman–Crippen LogP) is 0.348. The summed E-state index contributed by atoms with van der Waals surface area (Å²) >= 11 is 0. The van der Waals surface area contributed by atoms with Gasteiger partial charge in [-0.25, -0.2) is 4.79 Å². The van der Waals surface area contributed by atoms with Crippen LogP contribution in [0.1, 0.15) is 12.6 Å². The SMILES string of the molecule is COC(=O)/C(=C(/C)N)c1ccc(OC)nn1. The van der Waals surface area contributed by atoms with Crippen molar-refractivity contribution in [3.8, 4) is 5.88 Å². The molecule has 0 aliphatic heterocycles. The number of allylic oxidation sites excluding steroid dienone is 1. The fourth-order valence-corrected chi connectivity index (χ4v) is 1.13. The van der Waals surface area contributed by atoms with E-state index in [9.17, 15) is 4.79 Å². The van der Waals surface area contributed by atoms with Gasteiger partial charge in [0, 0.05) is 11.8 Å². The normalized spacial score (nSPS) is 11.7. The van der Waals surface area contributed by atoms with Crippen LogP contribution in [0.5, 0.6) is 5.88 Å². The van der Waals surface area contributed by atoms with E-state index in [0.717, 1.165) is 0 Å². The van der Waals surface area contributed by atoms with Crippen LogP contribution in [0.15, 0.2) is 17.8 Å². The molecule has 1 heterocycles. The van der Waals surface area contributed by atoms with Crippen LogP contribution in [0.3, 0.4) is 0 Å². The Morgan fingerprint density at radius 2 is 2.00 bits per heavy atom. The summed E-state index contributed by atoms with van der Waals surface area (Å²) < 4.78 is 9.47. The number of carbonyl (C=O) groups excluding carboxylic acids is 1. The first kappa shape index (κ1) is 12.0. The molecule has 6 heteroatoms. The van der Waals surface area contributed by atoms with Crippen molar-refractivity contribution in [3.05, 3.63) is 23.5 Å². The molecular formula is C10H13N3O3. The maximum absolute atomic E-state index is 11.4. The van der Waals surface area contributed by atoms with Crippen LogP contribution in [-0.2, 0) is 9.53 Å². The minimum atomic E-state index is -0.542. The molecule has 0 fully saturated rings. The van der Waals surface area contributed by atoms with Gasteiger partial charge < -0.3 is 15.2 Å². The van der Waals surface area contributed by atoms with Gasteiger partial charge in [0.2, 0.25) is 5.88 Å². The Hall–Kier alpha value is -2.11. The number of rotatable bonds is 3. The Labute approximate surface area is 93.1 Å². The number of methoxy groups -OCH3 is 2. The monoisotopic (exact) mass is 223 g/mol. The first-order chi connectivity index (χ1) is 7.60. The van der Waals surface area contributed by atoms with E-state index in [0.29, 0.717) is 17.3 Å². The molecule has 2 N–H and O–H groups in total. The summed E-state index contributed by atoms with van der Waals surface area (Å²) in [6.07, 6.45) is 0. The Morgan fingerprint density at radius 3 is 2.38 bits per heavy atom. The van der Waals surface area contributed by atoms with Crippen LogP contribution in [0.25, 0.3) is 5.57 Å². The fourth-order valence-electron chi connectivity index (χ4n) is 1.13. The van der Waals surface area contributed by atoms with Gasteiger partial charge >= 0.3 is 5.97 Å². The maximum Gasteiger partial charge on any atom is 0.341 e. The highest BCUT2D eigenvalue weighted by Gasteiger charge is 2.16. The van der Waals surface area contributed by atoms with Gasteiger partial charge in [-0.1, -0.05) is 0 Å². The van der Waals surface area contributed by atoms with Crippen LogP contribution in [0, 0.1) is 0 Å². The van der Waals surface area contributed by atoms with Crippen molar-refractivity contribution < 1.29 is 14.3 Å². The van der Waals surface area contributed by atoms with Crippen molar-refractivity contribution in [1.29, 1.82) is 0 Å². The zero-order chi connectivity index (χ0) is 12.1. The number of ether oxygens (including phenoxy) is 2. The van der Waals surface area contributed by atoms with Crippen molar-refractivity contribution in [3.63, 3.8) is 0 Å². The Kier molecular flexibility index (Phi) is 3.82. The van der Waals surface area contributed by atoms with Gasteiger partial charge in [0.15, 0.2) is 0 Å². The van der Waals surface area contributed by atoms with E-state index in [4.69, 9.17) is 10.5 Å². The van der Waals surface area contributed by atoms with Crippen LogP contribution < -0.4 is 10.5 Å². The molecule has 0 bridgehead atoms. The highest BCUT2D eigenvalue weighted by molar-refractivity contribution is 6.16. The molecule has 1 aromatic heterocycles. The quantitative estimate of drug-likeness (QED) is 0.587. The summed E-state index contributed by atoms with van der Waals surface area (Å²) in [6, 6.07) is 3.18. The van der Waals surface area contributed by atoms with Gasteiger partial charge in [-0.15, -0.1) is 10.2 Å². The Morgan fingerprint density at radius 1 is 1.31 bits per heavy atom. The molecule has 16 heavy (non-hydrogen) atoms. The van der Waals surface area contributed by atoms with Crippen LogP contribution in [0.2, 0.25) is 0 Å². The van der Waals surface area contributed by atoms with Gasteiger partial charge in [0.25, 0.3) is 0 Å². The lowest BCUT2D eigenvalue weighted by Crippen LogP contribution is -2.11. The van der Waals surface area contributed by atoms with Gasteiger partial charge in [0.05, 0.1) is 14.2 Å². The van der Waals surface area contributed by atoms with E-state index >= 15 is 0 Å². The summed E-state index contributed by atoms with van der Waals surface area (Å²) in [4.78, 5) is 11.4. The third kappa shape index (κ3) is 2.47. The minimum Gasteiger partial charge on any atom is -0.480 e. The van der Waals surface area contributed by atoms with Crippen LogP contribution >= 0.6 is 0 Å². The Bertz CT molecular complexity index is 408. The van der Waals surface area contributed by atoms with Crippen molar-refractivity contribution in [1.82, 2.24) is 10.2 Å². The summed E-state index contributed by atoms with van der Waals surface area (Å²) in [5, 5.41) is 7.57. The van der Waals surface area contributed by atoms with E-state index in [2.05, 4.69) is 14.9 Å². The van der Waals surface area contributed by atoms with Gasteiger partial charge in [-0.05, 0) is 13.0 Å². The lowest BCUT2D eigenvalue weighted by molar-refractivity contribution is -0.133. The number of hydrogen-bond acceptors (Lipinski definition) is 6. The standard InChI is InChI=1S/C10H13N3O3/c1-6(11)9(10(14)16-3)7-4-5-8(15-2)13-12-7/h4-5H,11H2,1-3H3/b9-6-. The molecule has 0 aliphatic carbocycles. The summed E-state index contributed by atoms with van der Waals surface area (Å²) in [5.74, 6) is -0.179. The minimum absolute atomic E-state index is 0.206. The third-order valence-corrected chi connectivity index (χ3v) is 1.89. The van der Waals surface area contributed by atoms with E-state index in [1.54, 1.807) is 19.1 Å². The second-order valence-electron chi connectivity index (χ2n) is 3.01. The number of carbonyl (C=O) groups is 1. The van der Waals surface area contributed by atoms with E-state index in [-0.39, 0.29) is 5.57 Å². The van der Waals surface area contributed by atoms with Crippen molar-refractivity contribution >= 4 is 11.5 Å². The molecule has 0 spiro atoms. The maximum atomic E-state index is 11.4. The fraction of sp³-hybridized carbons (Fsp3) is 0.300. The molecule has 1 rings (SSSR count). The molecule has 86 valence electrons. The predicted molar refractivity (Wildman–Crippen MR) is 57.4 cm³/mol. The number of aromatic nitrogens is 2. The molecule has 0 amide bonds. The van der Waals surface area contributed by atoms with E-state index in [1.807, 2.05) is 0 Å². The average molecular weight is 223 g/mol. The number of nitrogens with zero attached hydrogens (tertiary/aromatic N) is 2. The third-order valence-electron chi connectivity index (χ3n) is 1.89. The van der Waals surface area contributed by atoms with Gasteiger partial charge in [-0.3, -0.25) is 0 Å². The van der Waals surface area contributed by atoms with Crippen LogP contribution in [-0.4, -0.2) is 30.4 Å². The Balaban J connectivity index is 3.13. The molecule has 0 atom stereocenters. The second kappa shape index (κ2) is 5.11. The molecular weight excluding hydrogens is 210 g/mol. The van der Waals surface area contributed by atoms with Crippen LogP contribution in [0.4, 0.5) is 0 Å². The molecule has 0 saturated carbocycles. The van der Waals surface area contributed by atoms with Crippen molar-refractivity contribution in [2.75, 3.05) is 14.2 Å². The topological polar surface area (TPSA) is 87.3 Å². The smallest absolute Gasteiger partial charge is 0.341 e. The highest BCUT2D eigenvalue weighted by atomic mass is 16.5. The average Bonchev–Trinajstić information content (AvgIpc) is 2.29. The molecule has 6 nitrogen and oxygen atoms in total. The van der Waals surface area contributed by atoms with Crippen molar-refractivity contribution in [2.45, 2.75) is 6.92 Å². The first-order valence-electron chi connectivity index (χ1n) is 4.53. The first-order valence-corrected chi connectivity index (χ1v) is 4.53. The number of hydrogen-bond donors (Lipinski definition) is 1. The molecule has 0 unspecified atom stereocenters. The van der Waals surface area contributed by atoms with Gasteiger partial charge in [0.1, 0.15) is 11.3 Å². The summed E-state index contributed by atoms with van der Waals surface area (Å²) in [5.41, 5.74) is 6.48. The zero-order valence-electron chi connectivity index (χ0n) is 9.35. The summed E-state index contributed by atoms with van der Waals surface area (Å²) in [6.45, 7) is 1.60. The van der Waals surface area contributed by atoms with E-state index in [1.165, 1.54) is 14.2 Å². The largest absolute Gasteiger partial charge is 0.480 e. The summed E-state index contributed by atoms with van der Waals surface area (Å²) in [7, 11) is 2.76. The van der Waals surface area contributed by atoms with Crippen molar-refractivity contribution in [2.24, 2.45) is 5.73 Å². The second-order valence-corrected chi connectivity index (χ2v) is 3.01. The molecule has 0 radical (unpaired) electrons. The molecule has 0 saturated heterocycles. The van der Waals surface area contributed by atoms with E-state index < -0.39 is 5.97 Å². The van der Waals surface area contributed by atoms with Gasteiger partial charge in [-0.2, -0.15) is 0 Å². The molecule has 0 aromatic carbocycles. The lowest BCUT2D eigenvalue weighted by Gasteiger charge is -2.06. The lowest BCUT2D eigenvalue weighted by atomic mass is 10.1. The number of nitrogens with two attached hydrogens (primary N) is 1. The molecule has 1 aromatic rings. The molecule has 0 aliphatic rings. The highest BCUT2D eigenvalue weighted by Crippen LogP contribution is 2.16. The zero-order valence-corrected chi connectivity index (χ0v) is 9.35. The number of esters is 1.